The van der Waals surface area contributed by atoms with Crippen molar-refractivity contribution in [3.63, 3.8) is 0 Å². The van der Waals surface area contributed by atoms with Gasteiger partial charge in [0.05, 0.1) is 0 Å². The molecule has 2 heteroatoms. The Morgan fingerprint density at radius 1 is 0.591 bits per heavy atom. The highest BCUT2D eigenvalue weighted by atomic mass is 16.1. The zero-order valence-corrected chi connectivity index (χ0v) is 14.9. The third-order valence-corrected chi connectivity index (χ3v) is 4.48. The third kappa shape index (κ3) is 13.0. The molecule has 0 aromatic rings. The normalized spacial score (nSPS) is 11.5. The van der Waals surface area contributed by atoms with Crippen LogP contribution in [0.1, 0.15) is 110 Å². The average molecular weight is 309 g/mol. The number of hydrogen-bond acceptors (Lipinski definition) is 2. The molecule has 0 atom stereocenters. The van der Waals surface area contributed by atoms with Crippen molar-refractivity contribution in [1.29, 1.82) is 0 Å². The summed E-state index contributed by atoms with van der Waals surface area (Å²) < 4.78 is 0. The largest absolute Gasteiger partial charge is 0.290 e. The molecule has 0 unspecified atom stereocenters. The van der Waals surface area contributed by atoms with Crippen LogP contribution < -0.4 is 0 Å². The Bertz CT molecular complexity index is 252. The van der Waals surface area contributed by atoms with Crippen molar-refractivity contribution in [1.82, 2.24) is 0 Å². The van der Waals surface area contributed by atoms with Crippen LogP contribution in [0.2, 0.25) is 0 Å². The van der Waals surface area contributed by atoms with Crippen molar-refractivity contribution < 1.29 is 9.59 Å². The topological polar surface area (TPSA) is 34.1 Å². The molecule has 0 N–H and O–H groups in total. The summed E-state index contributed by atoms with van der Waals surface area (Å²) in [6, 6.07) is 0. The second-order valence-electron chi connectivity index (χ2n) is 6.88. The Morgan fingerprint density at radius 3 is 1.23 bits per heavy atom. The molecule has 2 radical (unpaired) electrons. The van der Waals surface area contributed by atoms with Crippen LogP contribution in [0.25, 0.3) is 0 Å². The summed E-state index contributed by atoms with van der Waals surface area (Å²) in [5.41, 5.74) is -0.989. The summed E-state index contributed by atoms with van der Waals surface area (Å²) >= 11 is 0. The molecule has 0 rings (SSSR count). The van der Waals surface area contributed by atoms with E-state index < -0.39 is 5.41 Å². The Balaban J connectivity index is 3.18. The van der Waals surface area contributed by atoms with Gasteiger partial charge in [0, 0.05) is 0 Å². The van der Waals surface area contributed by atoms with E-state index in [4.69, 9.17) is 0 Å². The van der Waals surface area contributed by atoms with E-state index >= 15 is 0 Å². The van der Waals surface area contributed by atoms with E-state index in [1.54, 1.807) is 19.5 Å². The molecular weight excluding hydrogens is 272 g/mol. The van der Waals surface area contributed by atoms with Crippen LogP contribution in [0.4, 0.5) is 0 Å². The summed E-state index contributed by atoms with van der Waals surface area (Å²) in [6.07, 6.45) is 22.6. The van der Waals surface area contributed by atoms with Crippen LogP contribution in [-0.4, -0.2) is 12.6 Å². The first kappa shape index (κ1) is 21.3. The predicted molar refractivity (Wildman–Crippen MR) is 94.4 cm³/mol. The Labute approximate surface area is 138 Å². The van der Waals surface area contributed by atoms with Crippen LogP contribution in [0.3, 0.4) is 0 Å². The molecule has 0 aromatic carbocycles. The van der Waals surface area contributed by atoms with Gasteiger partial charge in [0.25, 0.3) is 0 Å². The molecular formula is C20H36O2. The van der Waals surface area contributed by atoms with Crippen LogP contribution in [-0.2, 0) is 9.59 Å². The van der Waals surface area contributed by atoms with Gasteiger partial charge in [-0.15, -0.1) is 0 Å². The van der Waals surface area contributed by atoms with Gasteiger partial charge in [-0.05, 0) is 13.3 Å². The summed E-state index contributed by atoms with van der Waals surface area (Å²) in [5, 5.41) is 0. The van der Waals surface area contributed by atoms with E-state index in [-0.39, 0.29) is 0 Å². The van der Waals surface area contributed by atoms with Gasteiger partial charge in [-0.3, -0.25) is 9.59 Å². The minimum atomic E-state index is -0.989. The highest BCUT2D eigenvalue weighted by Gasteiger charge is 2.24. The number of rotatable bonds is 17. The Morgan fingerprint density at radius 2 is 0.909 bits per heavy atom. The van der Waals surface area contributed by atoms with Crippen molar-refractivity contribution in [2.45, 2.75) is 110 Å². The molecule has 0 spiro atoms. The molecule has 0 aliphatic rings. The monoisotopic (exact) mass is 308 g/mol. The first-order valence-corrected chi connectivity index (χ1v) is 9.47. The van der Waals surface area contributed by atoms with Crippen molar-refractivity contribution >= 4 is 12.6 Å². The number of hydrogen-bond donors (Lipinski definition) is 0. The second kappa shape index (κ2) is 15.2. The smallest absolute Gasteiger partial charge is 0.213 e. The van der Waals surface area contributed by atoms with Gasteiger partial charge in [-0.1, -0.05) is 96.8 Å². The molecule has 0 bridgehead atoms. The molecule has 0 aliphatic carbocycles. The number of unbranched alkanes of at least 4 members (excludes halogenated alkanes) is 13. The third-order valence-electron chi connectivity index (χ3n) is 4.48. The van der Waals surface area contributed by atoms with Crippen LogP contribution in [0.5, 0.6) is 0 Å². The lowest BCUT2D eigenvalue weighted by atomic mass is 9.88. The highest BCUT2D eigenvalue weighted by molar-refractivity contribution is 5.83. The molecule has 22 heavy (non-hydrogen) atoms. The highest BCUT2D eigenvalue weighted by Crippen LogP contribution is 2.20. The van der Waals surface area contributed by atoms with E-state index in [0.717, 1.165) is 12.8 Å². The summed E-state index contributed by atoms with van der Waals surface area (Å²) in [4.78, 5) is 21.3. The average Bonchev–Trinajstić information content (AvgIpc) is 2.55. The van der Waals surface area contributed by atoms with Gasteiger partial charge in [-0.25, -0.2) is 0 Å². The quantitative estimate of drug-likeness (QED) is 0.241. The van der Waals surface area contributed by atoms with Crippen LogP contribution in [0.15, 0.2) is 0 Å². The molecule has 0 saturated carbocycles. The van der Waals surface area contributed by atoms with Gasteiger partial charge in [0.15, 0.2) is 0 Å². The standard InChI is InChI=1S/C20H36O2/c1-3-4-5-6-7-8-9-10-11-12-13-14-15-16-17-20(2,18-21)19-22/h3-17H2,1-2H3. The molecule has 0 amide bonds. The minimum absolute atomic E-state index is 0.595. The van der Waals surface area contributed by atoms with Crippen LogP contribution >= 0.6 is 0 Å². The second-order valence-corrected chi connectivity index (χ2v) is 6.88. The fourth-order valence-corrected chi connectivity index (χ4v) is 2.80. The van der Waals surface area contributed by atoms with Crippen molar-refractivity contribution in [3.05, 3.63) is 0 Å². The van der Waals surface area contributed by atoms with Crippen molar-refractivity contribution in [3.8, 4) is 0 Å². The van der Waals surface area contributed by atoms with Crippen molar-refractivity contribution in [2.24, 2.45) is 5.41 Å². The van der Waals surface area contributed by atoms with Gasteiger partial charge < -0.3 is 0 Å². The maximum atomic E-state index is 10.6. The lowest BCUT2D eigenvalue weighted by molar-refractivity contribution is 0.430. The molecule has 0 heterocycles. The van der Waals surface area contributed by atoms with E-state index in [9.17, 15) is 9.59 Å². The first-order valence-electron chi connectivity index (χ1n) is 9.47. The molecule has 128 valence electrons. The number of carbonyl (C=O) groups excluding carboxylic acids is 2. The molecule has 2 nitrogen and oxygen atoms in total. The lowest BCUT2D eigenvalue weighted by Crippen LogP contribution is -2.19. The van der Waals surface area contributed by atoms with Gasteiger partial charge in [0.1, 0.15) is 5.41 Å². The fraction of sp³-hybridized carbons (Fsp3) is 0.900. The fourth-order valence-electron chi connectivity index (χ4n) is 2.80. The molecule has 0 aliphatic heterocycles. The molecule has 0 aromatic heterocycles. The maximum absolute atomic E-state index is 10.6. The SMILES string of the molecule is CCCCCCCCCCCCCCCCC(C)([C]=O)[C]=O. The maximum Gasteiger partial charge on any atom is 0.213 e. The van der Waals surface area contributed by atoms with E-state index in [1.165, 1.54) is 77.0 Å². The van der Waals surface area contributed by atoms with Crippen molar-refractivity contribution in [2.75, 3.05) is 0 Å². The van der Waals surface area contributed by atoms with Gasteiger partial charge >= 0.3 is 0 Å². The minimum Gasteiger partial charge on any atom is -0.290 e. The Kier molecular flexibility index (Phi) is 14.8. The van der Waals surface area contributed by atoms with Gasteiger partial charge in [-0.2, -0.15) is 0 Å². The van der Waals surface area contributed by atoms with E-state index in [1.807, 2.05) is 0 Å². The summed E-state index contributed by atoms with van der Waals surface area (Å²) in [5.74, 6) is 0. The Hall–Kier alpha value is -0.660. The first-order chi connectivity index (χ1) is 10.7. The summed E-state index contributed by atoms with van der Waals surface area (Å²) in [6.45, 7) is 3.88. The molecule has 0 saturated heterocycles. The van der Waals surface area contributed by atoms with Crippen LogP contribution in [0, 0.1) is 5.41 Å². The lowest BCUT2D eigenvalue weighted by Gasteiger charge is -2.12. The van der Waals surface area contributed by atoms with E-state index in [2.05, 4.69) is 6.92 Å². The van der Waals surface area contributed by atoms with E-state index in [0.29, 0.717) is 6.42 Å². The summed E-state index contributed by atoms with van der Waals surface area (Å²) in [7, 11) is 0. The predicted octanol–water partition coefficient (Wildman–Crippen LogP) is 6.08. The molecule has 0 fully saturated rings. The van der Waals surface area contributed by atoms with Gasteiger partial charge in [0.2, 0.25) is 12.6 Å². The zero-order valence-electron chi connectivity index (χ0n) is 14.9. The zero-order chi connectivity index (χ0) is 16.5.